The molecule has 0 aliphatic heterocycles. The van der Waals surface area contributed by atoms with Crippen molar-refractivity contribution in [3.63, 3.8) is 0 Å². The van der Waals surface area contributed by atoms with Crippen molar-refractivity contribution >= 4 is 5.82 Å². The summed E-state index contributed by atoms with van der Waals surface area (Å²) >= 11 is 0. The minimum absolute atomic E-state index is 0.910. The molecule has 0 saturated carbocycles. The molecular formula is C8H14N4. The van der Waals surface area contributed by atoms with Crippen LogP contribution in [0.2, 0.25) is 0 Å². The minimum atomic E-state index is 0.910. The fraction of sp³-hybridized carbons (Fsp3) is 0.500. The third kappa shape index (κ3) is 2.47. The van der Waals surface area contributed by atoms with Crippen molar-refractivity contribution in [2.45, 2.75) is 0 Å². The second-order valence-corrected chi connectivity index (χ2v) is 2.61. The van der Waals surface area contributed by atoms with Crippen LogP contribution in [0.25, 0.3) is 0 Å². The second kappa shape index (κ2) is 4.66. The molecule has 0 aromatic carbocycles. The van der Waals surface area contributed by atoms with Crippen LogP contribution in [-0.4, -0.2) is 37.4 Å². The van der Waals surface area contributed by atoms with E-state index >= 15 is 0 Å². The van der Waals surface area contributed by atoms with E-state index in [1.165, 1.54) is 0 Å². The number of rotatable bonds is 4. The largest absolute Gasteiger partial charge is 0.357 e. The molecule has 4 nitrogen and oxygen atoms in total. The average molecular weight is 166 g/mol. The second-order valence-electron chi connectivity index (χ2n) is 2.61. The predicted molar refractivity (Wildman–Crippen MR) is 49.2 cm³/mol. The van der Waals surface area contributed by atoms with Crippen LogP contribution in [0.1, 0.15) is 0 Å². The van der Waals surface area contributed by atoms with E-state index < -0.39 is 0 Å². The van der Waals surface area contributed by atoms with Gasteiger partial charge in [0, 0.05) is 26.3 Å². The fourth-order valence-electron chi connectivity index (χ4n) is 0.891. The summed E-state index contributed by atoms with van der Waals surface area (Å²) in [6, 6.07) is 3.83. The molecule has 1 N–H and O–H groups in total. The molecule has 0 saturated heterocycles. The first kappa shape index (κ1) is 8.93. The lowest BCUT2D eigenvalue weighted by Crippen LogP contribution is -2.27. The Morgan fingerprint density at radius 3 is 3.00 bits per heavy atom. The van der Waals surface area contributed by atoms with Crippen molar-refractivity contribution < 1.29 is 0 Å². The highest BCUT2D eigenvalue weighted by atomic mass is 15.2. The third-order valence-electron chi connectivity index (χ3n) is 1.65. The lowest BCUT2D eigenvalue weighted by Gasteiger charge is -2.16. The lowest BCUT2D eigenvalue weighted by molar-refractivity contribution is 0.755. The van der Waals surface area contributed by atoms with E-state index in [-0.39, 0.29) is 0 Å². The topological polar surface area (TPSA) is 41.0 Å². The fourth-order valence-corrected chi connectivity index (χ4v) is 0.891. The average Bonchev–Trinajstić information content (AvgIpc) is 2.15. The normalized spacial score (nSPS) is 9.83. The van der Waals surface area contributed by atoms with E-state index in [9.17, 15) is 0 Å². The van der Waals surface area contributed by atoms with Gasteiger partial charge in [-0.25, -0.2) is 0 Å². The third-order valence-corrected chi connectivity index (χ3v) is 1.65. The van der Waals surface area contributed by atoms with Crippen LogP contribution < -0.4 is 10.2 Å². The molecule has 12 heavy (non-hydrogen) atoms. The van der Waals surface area contributed by atoms with Crippen molar-refractivity contribution in [1.82, 2.24) is 15.5 Å². The van der Waals surface area contributed by atoms with Crippen LogP contribution in [-0.2, 0) is 0 Å². The quantitative estimate of drug-likeness (QED) is 0.690. The molecule has 0 radical (unpaired) electrons. The van der Waals surface area contributed by atoms with Gasteiger partial charge in [-0.3, -0.25) is 0 Å². The molecule has 0 aliphatic carbocycles. The molecule has 0 fully saturated rings. The van der Waals surface area contributed by atoms with Gasteiger partial charge in [0.2, 0.25) is 0 Å². The zero-order chi connectivity index (χ0) is 8.81. The standard InChI is InChI=1S/C8H14N4/c1-9-6-7-12(2)8-4-3-5-10-11-8/h3-5,9H,6-7H2,1-2H3. The number of nitrogens with zero attached hydrogens (tertiary/aromatic N) is 3. The maximum Gasteiger partial charge on any atom is 0.151 e. The summed E-state index contributed by atoms with van der Waals surface area (Å²) in [5, 5.41) is 10.9. The highest BCUT2D eigenvalue weighted by Gasteiger charge is 1.99. The number of anilines is 1. The Morgan fingerprint density at radius 2 is 2.42 bits per heavy atom. The molecule has 1 rings (SSSR count). The van der Waals surface area contributed by atoms with Gasteiger partial charge in [-0.05, 0) is 19.2 Å². The summed E-state index contributed by atoms with van der Waals surface area (Å²) in [4.78, 5) is 2.06. The summed E-state index contributed by atoms with van der Waals surface area (Å²) in [5.41, 5.74) is 0. The van der Waals surface area contributed by atoms with Crippen LogP contribution in [0.5, 0.6) is 0 Å². The monoisotopic (exact) mass is 166 g/mol. The number of aromatic nitrogens is 2. The summed E-state index contributed by atoms with van der Waals surface area (Å²) in [5.74, 6) is 0.910. The number of nitrogens with one attached hydrogen (secondary N) is 1. The van der Waals surface area contributed by atoms with Crippen LogP contribution in [0.4, 0.5) is 5.82 Å². The highest BCUT2D eigenvalue weighted by molar-refractivity contribution is 5.34. The van der Waals surface area contributed by atoms with Crippen molar-refractivity contribution in [3.8, 4) is 0 Å². The van der Waals surface area contributed by atoms with E-state index in [4.69, 9.17) is 0 Å². The SMILES string of the molecule is CNCCN(C)c1cccnn1. The first-order valence-corrected chi connectivity index (χ1v) is 3.98. The Hall–Kier alpha value is -1.16. The molecule has 0 aliphatic rings. The first-order valence-electron chi connectivity index (χ1n) is 3.98. The molecular weight excluding hydrogens is 152 g/mol. The minimum Gasteiger partial charge on any atom is -0.357 e. The number of hydrogen-bond donors (Lipinski definition) is 1. The summed E-state index contributed by atoms with van der Waals surface area (Å²) in [6.07, 6.45) is 1.68. The van der Waals surface area contributed by atoms with E-state index in [2.05, 4.69) is 20.4 Å². The molecule has 0 amide bonds. The highest BCUT2D eigenvalue weighted by Crippen LogP contribution is 2.03. The van der Waals surface area contributed by atoms with E-state index in [0.29, 0.717) is 0 Å². The van der Waals surface area contributed by atoms with Crippen molar-refractivity contribution in [2.75, 3.05) is 32.1 Å². The van der Waals surface area contributed by atoms with Gasteiger partial charge < -0.3 is 10.2 Å². The Kier molecular flexibility index (Phi) is 3.47. The first-order chi connectivity index (χ1) is 5.84. The molecule has 0 spiro atoms. The number of hydrogen-bond acceptors (Lipinski definition) is 4. The maximum absolute atomic E-state index is 3.98. The van der Waals surface area contributed by atoms with Gasteiger partial charge in [0.25, 0.3) is 0 Å². The molecule has 1 aromatic heterocycles. The zero-order valence-corrected chi connectivity index (χ0v) is 7.49. The summed E-state index contributed by atoms with van der Waals surface area (Å²) in [6.45, 7) is 1.89. The van der Waals surface area contributed by atoms with E-state index in [1.54, 1.807) is 6.20 Å². The summed E-state index contributed by atoms with van der Waals surface area (Å²) < 4.78 is 0. The Bertz CT molecular complexity index is 212. The number of likely N-dealkylation sites (N-methyl/N-ethyl adjacent to an activating group) is 2. The predicted octanol–water partition coefficient (Wildman–Crippen LogP) is 0.132. The molecule has 1 aromatic rings. The smallest absolute Gasteiger partial charge is 0.151 e. The van der Waals surface area contributed by atoms with Gasteiger partial charge in [-0.2, -0.15) is 5.10 Å². The van der Waals surface area contributed by atoms with Gasteiger partial charge in [0.1, 0.15) is 0 Å². The van der Waals surface area contributed by atoms with Gasteiger partial charge in [0.05, 0.1) is 0 Å². The maximum atomic E-state index is 3.98. The van der Waals surface area contributed by atoms with E-state index in [1.807, 2.05) is 26.2 Å². The van der Waals surface area contributed by atoms with Crippen LogP contribution in [0, 0.1) is 0 Å². The van der Waals surface area contributed by atoms with Crippen LogP contribution in [0.3, 0.4) is 0 Å². The van der Waals surface area contributed by atoms with Gasteiger partial charge >= 0.3 is 0 Å². The Morgan fingerprint density at radius 1 is 1.58 bits per heavy atom. The summed E-state index contributed by atoms with van der Waals surface area (Å²) in [7, 11) is 3.94. The molecule has 0 bridgehead atoms. The Labute approximate surface area is 72.6 Å². The molecule has 0 unspecified atom stereocenters. The molecule has 66 valence electrons. The Balaban J connectivity index is 2.48. The van der Waals surface area contributed by atoms with Crippen LogP contribution in [0.15, 0.2) is 18.3 Å². The van der Waals surface area contributed by atoms with Crippen LogP contribution >= 0.6 is 0 Å². The molecule has 4 heteroatoms. The molecule has 0 atom stereocenters. The van der Waals surface area contributed by atoms with Gasteiger partial charge in [-0.15, -0.1) is 5.10 Å². The van der Waals surface area contributed by atoms with E-state index in [0.717, 1.165) is 18.9 Å². The van der Waals surface area contributed by atoms with Gasteiger partial charge in [-0.1, -0.05) is 0 Å². The van der Waals surface area contributed by atoms with Gasteiger partial charge in [0.15, 0.2) is 5.82 Å². The lowest BCUT2D eigenvalue weighted by atomic mass is 10.4. The van der Waals surface area contributed by atoms with Crippen molar-refractivity contribution in [3.05, 3.63) is 18.3 Å². The molecule has 1 heterocycles. The zero-order valence-electron chi connectivity index (χ0n) is 7.49. The van der Waals surface area contributed by atoms with Crippen molar-refractivity contribution in [2.24, 2.45) is 0 Å². The van der Waals surface area contributed by atoms with Crippen molar-refractivity contribution in [1.29, 1.82) is 0 Å².